The number of amides is 2. The molecule has 0 bridgehead atoms. The Balaban J connectivity index is 1.71. The number of carbonyl (C=O) groups excluding carboxylic acids is 2. The highest BCUT2D eigenvalue weighted by atomic mass is 32.1. The summed E-state index contributed by atoms with van der Waals surface area (Å²) in [6.07, 6.45) is -3.97. The number of halogens is 4. The van der Waals surface area contributed by atoms with Crippen LogP contribution in [0.4, 0.5) is 28.0 Å². The zero-order valence-corrected chi connectivity index (χ0v) is 15.3. The lowest BCUT2D eigenvalue weighted by Gasteiger charge is -2.24. The summed E-state index contributed by atoms with van der Waals surface area (Å²) in [6, 6.07) is 2.05. The summed E-state index contributed by atoms with van der Waals surface area (Å²) < 4.78 is 58.9. The topological polar surface area (TPSA) is 70.7 Å². The van der Waals surface area contributed by atoms with Crippen molar-refractivity contribution in [3.63, 3.8) is 0 Å². The maximum absolute atomic E-state index is 14.6. The smallest absolute Gasteiger partial charge is 0.414 e. The number of thiocarbonyl (C=S) groups is 1. The average molecular weight is 419 g/mol. The average Bonchev–Trinajstić information content (AvgIpc) is 3.01. The number of anilines is 1. The Morgan fingerprint density at radius 1 is 1.32 bits per heavy atom. The van der Waals surface area contributed by atoms with Crippen LogP contribution in [0.15, 0.2) is 12.1 Å². The first-order valence-electron chi connectivity index (χ1n) is 8.56. The Labute approximate surface area is 163 Å². The number of rotatable bonds is 5. The molecule has 6 nitrogen and oxygen atoms in total. The van der Waals surface area contributed by atoms with Gasteiger partial charge in [-0.3, -0.25) is 9.69 Å². The lowest BCUT2D eigenvalue weighted by molar-refractivity contribution is -0.122. The van der Waals surface area contributed by atoms with Gasteiger partial charge in [0.1, 0.15) is 22.7 Å². The number of alkyl halides is 2. The van der Waals surface area contributed by atoms with E-state index >= 15 is 0 Å². The van der Waals surface area contributed by atoms with Crippen molar-refractivity contribution in [2.75, 3.05) is 24.5 Å². The number of hydrogen-bond acceptors (Lipinski definition) is 4. The summed E-state index contributed by atoms with van der Waals surface area (Å²) in [5.74, 6) is -2.32. The van der Waals surface area contributed by atoms with Gasteiger partial charge < -0.3 is 15.4 Å². The fraction of sp³-hybridized carbons (Fsp3) is 0.471. The molecule has 2 N–H and O–H groups in total. The van der Waals surface area contributed by atoms with Crippen LogP contribution in [0.2, 0.25) is 0 Å². The van der Waals surface area contributed by atoms with E-state index in [1.807, 2.05) is 0 Å². The molecule has 0 saturated carbocycles. The van der Waals surface area contributed by atoms with E-state index in [0.29, 0.717) is 6.42 Å². The van der Waals surface area contributed by atoms with Crippen LogP contribution in [0.25, 0.3) is 0 Å². The van der Waals surface area contributed by atoms with Crippen LogP contribution in [0.5, 0.6) is 0 Å². The maximum Gasteiger partial charge on any atom is 0.414 e. The van der Waals surface area contributed by atoms with Crippen LogP contribution in [0, 0.1) is 11.6 Å². The third-order valence-corrected chi connectivity index (χ3v) is 4.95. The number of carbonyl (C=O) groups is 2. The van der Waals surface area contributed by atoms with E-state index in [9.17, 15) is 27.2 Å². The minimum atomic E-state index is -2.83. The van der Waals surface area contributed by atoms with E-state index in [4.69, 9.17) is 4.74 Å². The summed E-state index contributed by atoms with van der Waals surface area (Å²) in [5, 5.41) is 4.86. The molecule has 2 aliphatic rings. The van der Waals surface area contributed by atoms with E-state index in [2.05, 4.69) is 22.9 Å². The Kier molecular flexibility index (Phi) is 6.01. The third kappa shape index (κ3) is 4.34. The molecule has 2 saturated heterocycles. The van der Waals surface area contributed by atoms with Gasteiger partial charge in [0, 0.05) is 24.4 Å². The van der Waals surface area contributed by atoms with Crippen LogP contribution in [0.3, 0.4) is 0 Å². The van der Waals surface area contributed by atoms with Crippen LogP contribution in [0.1, 0.15) is 24.3 Å². The largest absolute Gasteiger partial charge is 0.442 e. The molecule has 2 aliphatic heterocycles. The first-order valence-corrected chi connectivity index (χ1v) is 8.96. The van der Waals surface area contributed by atoms with E-state index in [1.54, 1.807) is 0 Å². The molecule has 3 rings (SSSR count). The first-order chi connectivity index (χ1) is 13.3. The SMILES string of the molecule is O=C1CCC(c2c(F)cc(N3CC(CNC(=S)C(F)F)OC3=O)cc2F)CN1. The molecular weight excluding hydrogens is 402 g/mol. The van der Waals surface area contributed by atoms with Gasteiger partial charge in [-0.05, 0) is 18.6 Å². The highest BCUT2D eigenvalue weighted by Crippen LogP contribution is 2.32. The second-order valence-electron chi connectivity index (χ2n) is 6.52. The minimum Gasteiger partial charge on any atom is -0.442 e. The Hall–Kier alpha value is -2.43. The van der Waals surface area contributed by atoms with Gasteiger partial charge >= 0.3 is 6.09 Å². The molecule has 1 aromatic rings. The van der Waals surface area contributed by atoms with Crippen molar-refractivity contribution in [3.8, 4) is 0 Å². The van der Waals surface area contributed by atoms with Crippen LogP contribution in [-0.2, 0) is 9.53 Å². The second kappa shape index (κ2) is 8.29. The molecular formula is C17H17F4N3O3S. The van der Waals surface area contributed by atoms with Gasteiger partial charge in [-0.1, -0.05) is 12.2 Å². The standard InChI is InChI=1S/C17H17F4N3O3S/c18-11-3-9(4-12(19)14(11)8-1-2-13(25)22-5-8)24-7-10(27-17(24)26)6-23-16(28)15(20)21/h3-4,8,10,15H,1-2,5-7H2,(H,22,25)(H,23,28). The fourth-order valence-corrected chi connectivity index (χ4v) is 3.31. The number of ether oxygens (including phenoxy) is 1. The highest BCUT2D eigenvalue weighted by molar-refractivity contribution is 7.80. The van der Waals surface area contributed by atoms with Crippen molar-refractivity contribution in [3.05, 3.63) is 29.3 Å². The molecule has 2 heterocycles. The highest BCUT2D eigenvalue weighted by Gasteiger charge is 2.34. The predicted molar refractivity (Wildman–Crippen MR) is 95.6 cm³/mol. The molecule has 0 spiro atoms. The summed E-state index contributed by atoms with van der Waals surface area (Å²) in [5.41, 5.74) is -0.181. The van der Waals surface area contributed by atoms with Crippen molar-refractivity contribution in [1.82, 2.24) is 10.6 Å². The quantitative estimate of drug-likeness (QED) is 0.567. The molecule has 1 aromatic carbocycles. The normalized spacial score (nSPS) is 22.2. The lowest BCUT2D eigenvalue weighted by atomic mass is 9.90. The van der Waals surface area contributed by atoms with Gasteiger partial charge in [-0.15, -0.1) is 0 Å². The van der Waals surface area contributed by atoms with E-state index in [1.165, 1.54) is 0 Å². The Morgan fingerprint density at radius 3 is 2.57 bits per heavy atom. The monoisotopic (exact) mass is 419 g/mol. The Morgan fingerprint density at radius 2 is 2.00 bits per heavy atom. The fourth-order valence-electron chi connectivity index (χ4n) is 3.23. The van der Waals surface area contributed by atoms with Gasteiger partial charge in [0.05, 0.1) is 18.8 Å². The summed E-state index contributed by atoms with van der Waals surface area (Å²) >= 11 is 4.44. The van der Waals surface area contributed by atoms with Gasteiger partial charge in [0.15, 0.2) is 0 Å². The molecule has 0 aromatic heterocycles. The van der Waals surface area contributed by atoms with Crippen molar-refractivity contribution in [1.29, 1.82) is 0 Å². The summed E-state index contributed by atoms with van der Waals surface area (Å²) in [4.78, 5) is 23.6. The number of hydrogen-bond donors (Lipinski definition) is 2. The van der Waals surface area contributed by atoms with Crippen LogP contribution in [-0.4, -0.2) is 49.2 Å². The first kappa shape index (κ1) is 20.3. The zero-order chi connectivity index (χ0) is 20.4. The predicted octanol–water partition coefficient (Wildman–Crippen LogP) is 2.47. The van der Waals surface area contributed by atoms with E-state index in [-0.39, 0.29) is 43.2 Å². The lowest BCUT2D eigenvalue weighted by Crippen LogP contribution is -2.36. The molecule has 2 unspecified atom stereocenters. The summed E-state index contributed by atoms with van der Waals surface area (Å²) in [6.45, 7) is -0.0821. The Bertz CT molecular complexity index is 775. The van der Waals surface area contributed by atoms with Crippen molar-refractivity contribution in [2.45, 2.75) is 31.3 Å². The molecule has 0 radical (unpaired) electrons. The maximum atomic E-state index is 14.6. The van der Waals surface area contributed by atoms with Crippen molar-refractivity contribution in [2.24, 2.45) is 0 Å². The number of nitrogens with zero attached hydrogens (tertiary/aromatic N) is 1. The van der Waals surface area contributed by atoms with Crippen molar-refractivity contribution < 1.29 is 31.9 Å². The third-order valence-electron chi connectivity index (χ3n) is 4.63. The summed E-state index contributed by atoms with van der Waals surface area (Å²) in [7, 11) is 0. The number of cyclic esters (lactones) is 1. The van der Waals surface area contributed by atoms with Crippen LogP contribution < -0.4 is 15.5 Å². The van der Waals surface area contributed by atoms with Gasteiger partial charge in [-0.2, -0.15) is 0 Å². The second-order valence-corrected chi connectivity index (χ2v) is 6.96. The van der Waals surface area contributed by atoms with E-state index < -0.39 is 41.2 Å². The molecule has 0 aliphatic carbocycles. The zero-order valence-electron chi connectivity index (χ0n) is 14.5. The van der Waals surface area contributed by atoms with Crippen molar-refractivity contribution >= 4 is 34.9 Å². The molecule has 2 fully saturated rings. The molecule has 11 heteroatoms. The molecule has 152 valence electrons. The molecule has 2 atom stereocenters. The van der Waals surface area contributed by atoms with Gasteiger partial charge in [-0.25, -0.2) is 22.4 Å². The number of benzene rings is 1. The minimum absolute atomic E-state index is 0.0393. The molecule has 28 heavy (non-hydrogen) atoms. The number of piperidine rings is 1. The van der Waals surface area contributed by atoms with Crippen LogP contribution >= 0.6 is 12.2 Å². The van der Waals surface area contributed by atoms with Gasteiger partial charge in [0.2, 0.25) is 5.91 Å². The van der Waals surface area contributed by atoms with Gasteiger partial charge in [0.25, 0.3) is 6.43 Å². The number of nitrogens with one attached hydrogen (secondary N) is 2. The van der Waals surface area contributed by atoms with E-state index in [0.717, 1.165) is 17.0 Å². The molecule has 2 amide bonds.